The molecule has 0 fully saturated rings. The van der Waals surface area contributed by atoms with Crippen LogP contribution in [0.15, 0.2) is 54.1 Å². The number of nitrogens with zero attached hydrogens (tertiary/aromatic N) is 1. The molecule has 0 aromatic heterocycles. The van der Waals surface area contributed by atoms with Gasteiger partial charge in [-0.15, -0.1) is 0 Å². The second kappa shape index (κ2) is 12.2. The Balaban J connectivity index is 1.85. The molecule has 0 atom stereocenters. The number of nitriles is 1. The Hall–Kier alpha value is -2.88. The van der Waals surface area contributed by atoms with E-state index in [9.17, 15) is 10.1 Å². The van der Waals surface area contributed by atoms with Crippen molar-refractivity contribution in [1.29, 1.82) is 5.26 Å². The average Bonchev–Trinajstić information content (AvgIpc) is 2.81. The fraction of sp³-hybridized carbons (Fsp3) is 0.154. The number of rotatable bonds is 8. The van der Waals surface area contributed by atoms with E-state index in [1.54, 1.807) is 48.5 Å². The minimum Gasteiger partial charge on any atom is -0.490 e. The number of carbonyl (C=O) groups excluding carboxylic acids is 1. The maximum Gasteiger partial charge on any atom is 0.266 e. The zero-order valence-electron chi connectivity index (χ0n) is 18.8. The molecule has 5 nitrogen and oxygen atoms in total. The SMILES string of the molecule is CCOc1cc(/C=C(/C#N)C(=O)Nc2ccc(C)c(Cl)c2)cc(Cl)c1OCc1ccc(Cl)c(Cl)c1. The molecule has 0 radical (unpaired) electrons. The third-order valence-corrected chi connectivity index (χ3v) is 6.23. The van der Waals surface area contributed by atoms with Crippen LogP contribution in [0.5, 0.6) is 11.5 Å². The molecule has 0 heterocycles. The lowest BCUT2D eigenvalue weighted by atomic mass is 10.1. The molecule has 0 spiro atoms. The van der Waals surface area contributed by atoms with Gasteiger partial charge in [-0.3, -0.25) is 4.79 Å². The molecule has 0 bridgehead atoms. The van der Waals surface area contributed by atoms with E-state index in [2.05, 4.69) is 5.32 Å². The van der Waals surface area contributed by atoms with Gasteiger partial charge in [-0.25, -0.2) is 0 Å². The molecule has 3 aromatic carbocycles. The number of ether oxygens (including phenoxy) is 2. The van der Waals surface area contributed by atoms with Gasteiger partial charge in [0.1, 0.15) is 18.2 Å². The highest BCUT2D eigenvalue weighted by molar-refractivity contribution is 6.42. The Kier molecular flexibility index (Phi) is 9.31. The van der Waals surface area contributed by atoms with Crippen LogP contribution in [0, 0.1) is 18.3 Å². The zero-order chi connectivity index (χ0) is 25.5. The lowest BCUT2D eigenvalue weighted by molar-refractivity contribution is -0.112. The molecule has 3 rings (SSSR count). The molecule has 3 aromatic rings. The first-order chi connectivity index (χ1) is 16.7. The van der Waals surface area contributed by atoms with Gasteiger partial charge in [0.2, 0.25) is 0 Å². The maximum absolute atomic E-state index is 12.7. The van der Waals surface area contributed by atoms with Gasteiger partial charge >= 0.3 is 0 Å². The quantitative estimate of drug-likeness (QED) is 0.227. The first-order valence-corrected chi connectivity index (χ1v) is 11.9. The van der Waals surface area contributed by atoms with Gasteiger partial charge in [-0.2, -0.15) is 5.26 Å². The van der Waals surface area contributed by atoms with Crippen molar-refractivity contribution in [3.63, 3.8) is 0 Å². The van der Waals surface area contributed by atoms with Crippen LogP contribution in [0.25, 0.3) is 6.08 Å². The van der Waals surface area contributed by atoms with Crippen molar-refractivity contribution < 1.29 is 14.3 Å². The predicted molar refractivity (Wildman–Crippen MR) is 142 cm³/mol. The molecule has 0 aliphatic carbocycles. The van der Waals surface area contributed by atoms with Crippen LogP contribution >= 0.6 is 46.4 Å². The Labute approximate surface area is 223 Å². The van der Waals surface area contributed by atoms with Gasteiger partial charge in [0.05, 0.1) is 21.7 Å². The second-order valence-corrected chi connectivity index (χ2v) is 9.02. The van der Waals surface area contributed by atoms with Crippen LogP contribution in [0.1, 0.15) is 23.6 Å². The largest absolute Gasteiger partial charge is 0.490 e. The van der Waals surface area contributed by atoms with E-state index in [-0.39, 0.29) is 17.2 Å². The minimum atomic E-state index is -0.582. The molecule has 1 N–H and O–H groups in total. The molecule has 0 saturated carbocycles. The van der Waals surface area contributed by atoms with E-state index in [4.69, 9.17) is 55.9 Å². The van der Waals surface area contributed by atoms with Gasteiger partial charge in [0.25, 0.3) is 5.91 Å². The Morgan fingerprint density at radius 3 is 2.40 bits per heavy atom. The number of amides is 1. The van der Waals surface area contributed by atoms with Gasteiger partial charge in [0, 0.05) is 10.7 Å². The summed E-state index contributed by atoms with van der Waals surface area (Å²) in [5.41, 5.74) is 2.52. The number of carbonyl (C=O) groups is 1. The van der Waals surface area contributed by atoms with Crippen LogP contribution in [0.4, 0.5) is 5.69 Å². The zero-order valence-corrected chi connectivity index (χ0v) is 21.8. The summed E-state index contributed by atoms with van der Waals surface area (Å²) < 4.78 is 11.6. The first kappa shape index (κ1) is 26.7. The fourth-order valence-corrected chi connectivity index (χ4v) is 3.82. The standard InChI is InChI=1S/C26H20Cl4N2O3/c1-3-34-24-11-17(8-18(13-31)26(33)32-19-6-4-15(2)21(28)12-19)10-23(30)25(24)35-14-16-5-7-20(27)22(29)9-16/h4-12H,3,14H2,1-2H3,(H,32,33)/b18-8-. The van der Waals surface area contributed by atoms with E-state index >= 15 is 0 Å². The second-order valence-electron chi connectivity index (χ2n) is 7.39. The van der Waals surface area contributed by atoms with Crippen molar-refractivity contribution in [3.8, 4) is 17.6 Å². The van der Waals surface area contributed by atoms with E-state index in [1.807, 2.05) is 19.9 Å². The fourth-order valence-electron chi connectivity index (χ4n) is 3.04. The molecule has 35 heavy (non-hydrogen) atoms. The maximum atomic E-state index is 12.7. The van der Waals surface area contributed by atoms with Crippen molar-refractivity contribution in [2.24, 2.45) is 0 Å². The van der Waals surface area contributed by atoms with E-state index < -0.39 is 5.91 Å². The summed E-state index contributed by atoms with van der Waals surface area (Å²) in [6.07, 6.45) is 1.42. The molecule has 180 valence electrons. The minimum absolute atomic E-state index is 0.121. The summed E-state index contributed by atoms with van der Waals surface area (Å²) in [6, 6.07) is 15.4. The predicted octanol–water partition coefficient (Wildman–Crippen LogP) is 8.13. The summed E-state index contributed by atoms with van der Waals surface area (Å²) in [7, 11) is 0. The van der Waals surface area contributed by atoms with Gasteiger partial charge in [0.15, 0.2) is 11.5 Å². The topological polar surface area (TPSA) is 71.3 Å². The van der Waals surface area contributed by atoms with Crippen molar-refractivity contribution >= 4 is 64.1 Å². The summed E-state index contributed by atoms with van der Waals surface area (Å²) in [5.74, 6) is 0.116. The monoisotopic (exact) mass is 548 g/mol. The van der Waals surface area contributed by atoms with Gasteiger partial charge in [-0.1, -0.05) is 58.5 Å². The van der Waals surface area contributed by atoms with Crippen LogP contribution in [-0.2, 0) is 11.4 Å². The molecule has 0 unspecified atom stereocenters. The van der Waals surface area contributed by atoms with Crippen LogP contribution < -0.4 is 14.8 Å². The average molecular weight is 550 g/mol. The molecule has 0 aliphatic rings. The van der Waals surface area contributed by atoms with Crippen molar-refractivity contribution in [1.82, 2.24) is 0 Å². The molecular weight excluding hydrogens is 530 g/mol. The smallest absolute Gasteiger partial charge is 0.266 e. The number of halogens is 4. The number of aryl methyl sites for hydroxylation is 1. The molecule has 9 heteroatoms. The summed E-state index contributed by atoms with van der Waals surface area (Å²) in [6.45, 7) is 4.20. The van der Waals surface area contributed by atoms with Crippen molar-refractivity contribution in [3.05, 3.63) is 90.9 Å². The molecular formula is C26H20Cl4N2O3. The summed E-state index contributed by atoms with van der Waals surface area (Å²) in [4.78, 5) is 12.7. The normalized spacial score (nSPS) is 11.1. The number of hydrogen-bond acceptors (Lipinski definition) is 4. The molecule has 0 aliphatic heterocycles. The summed E-state index contributed by atoms with van der Waals surface area (Å²) >= 11 is 24.6. The number of hydrogen-bond donors (Lipinski definition) is 1. The highest BCUT2D eigenvalue weighted by Gasteiger charge is 2.15. The number of nitrogens with one attached hydrogen (secondary N) is 1. The molecule has 1 amide bonds. The number of anilines is 1. The Morgan fingerprint density at radius 1 is 0.971 bits per heavy atom. The van der Waals surface area contributed by atoms with Crippen LogP contribution in [0.3, 0.4) is 0 Å². The van der Waals surface area contributed by atoms with Crippen molar-refractivity contribution in [2.45, 2.75) is 20.5 Å². The lowest BCUT2D eigenvalue weighted by Crippen LogP contribution is -2.13. The first-order valence-electron chi connectivity index (χ1n) is 10.4. The third kappa shape index (κ3) is 7.06. The van der Waals surface area contributed by atoms with Crippen LogP contribution in [-0.4, -0.2) is 12.5 Å². The summed E-state index contributed by atoms with van der Waals surface area (Å²) in [5, 5.41) is 13.9. The van der Waals surface area contributed by atoms with Crippen molar-refractivity contribution in [2.75, 3.05) is 11.9 Å². The third-order valence-electron chi connectivity index (χ3n) is 4.80. The van der Waals surface area contributed by atoms with Gasteiger partial charge in [-0.05, 0) is 73.0 Å². The van der Waals surface area contributed by atoms with Crippen LogP contribution in [0.2, 0.25) is 20.1 Å². The highest BCUT2D eigenvalue weighted by atomic mass is 35.5. The van der Waals surface area contributed by atoms with E-state index in [0.717, 1.165) is 11.1 Å². The van der Waals surface area contributed by atoms with E-state index in [1.165, 1.54) is 6.08 Å². The lowest BCUT2D eigenvalue weighted by Gasteiger charge is -2.15. The Morgan fingerprint density at radius 2 is 1.74 bits per heavy atom. The van der Waals surface area contributed by atoms with E-state index in [0.29, 0.717) is 44.4 Å². The Bertz CT molecular complexity index is 1330. The number of benzene rings is 3. The van der Waals surface area contributed by atoms with Gasteiger partial charge < -0.3 is 14.8 Å². The molecule has 0 saturated heterocycles. The highest BCUT2D eigenvalue weighted by Crippen LogP contribution is 2.38.